The molecule has 0 aromatic rings. The van der Waals surface area contributed by atoms with E-state index in [0.29, 0.717) is 12.0 Å². The molecule has 2 aliphatic carbocycles. The van der Waals surface area contributed by atoms with Gasteiger partial charge in [0.25, 0.3) is 0 Å². The highest BCUT2D eigenvalue weighted by Gasteiger charge is 2.59. The average Bonchev–Trinajstić information content (AvgIpc) is 2.91. The van der Waals surface area contributed by atoms with Crippen LogP contribution in [0.2, 0.25) is 0 Å². The second-order valence-electron chi connectivity index (χ2n) is 8.29. The van der Waals surface area contributed by atoms with Gasteiger partial charge in [-0.25, -0.2) is 0 Å². The molecule has 0 aromatic heterocycles. The zero-order valence-corrected chi connectivity index (χ0v) is 14.8. The predicted octanol–water partition coefficient (Wildman–Crippen LogP) is 3.42. The smallest absolute Gasteiger partial charge is 0.0662 e. The van der Waals surface area contributed by atoms with Crippen LogP contribution in [-0.2, 0) is 4.74 Å². The van der Waals surface area contributed by atoms with Crippen LogP contribution in [0, 0.1) is 11.3 Å². The first-order chi connectivity index (χ1) is 9.80. The van der Waals surface area contributed by atoms with Gasteiger partial charge in [0, 0.05) is 36.7 Å². The Labute approximate surface area is 131 Å². The predicted molar refractivity (Wildman–Crippen MR) is 89.4 cm³/mol. The molecule has 0 saturated heterocycles. The summed E-state index contributed by atoms with van der Waals surface area (Å²) in [6.07, 6.45) is 6.84. The van der Waals surface area contributed by atoms with E-state index in [-0.39, 0.29) is 11.0 Å². The largest absolute Gasteiger partial charge is 0.378 e. The SMILES string of the molecule is CCOC1CC(N)(CN(CC(C)C)C2CCCC2)C1(C)C. The van der Waals surface area contributed by atoms with Crippen LogP contribution in [0.5, 0.6) is 0 Å². The van der Waals surface area contributed by atoms with Gasteiger partial charge >= 0.3 is 0 Å². The summed E-state index contributed by atoms with van der Waals surface area (Å²) >= 11 is 0. The molecule has 124 valence electrons. The molecule has 2 unspecified atom stereocenters. The molecule has 2 rings (SSSR count). The highest BCUT2D eigenvalue weighted by molar-refractivity contribution is 5.15. The van der Waals surface area contributed by atoms with E-state index in [4.69, 9.17) is 10.5 Å². The van der Waals surface area contributed by atoms with Crippen LogP contribution in [0.3, 0.4) is 0 Å². The van der Waals surface area contributed by atoms with Crippen molar-refractivity contribution in [1.82, 2.24) is 4.90 Å². The average molecular weight is 296 g/mol. The summed E-state index contributed by atoms with van der Waals surface area (Å²) in [6, 6.07) is 0.759. The number of nitrogens with zero attached hydrogens (tertiary/aromatic N) is 1. The molecule has 2 fully saturated rings. The van der Waals surface area contributed by atoms with Crippen LogP contribution in [0.25, 0.3) is 0 Å². The summed E-state index contributed by atoms with van der Waals surface area (Å²) in [5.74, 6) is 0.708. The number of rotatable bonds is 7. The van der Waals surface area contributed by atoms with Crippen molar-refractivity contribution in [3.8, 4) is 0 Å². The van der Waals surface area contributed by atoms with Gasteiger partial charge in [0.2, 0.25) is 0 Å². The molecule has 0 amide bonds. The molecule has 0 spiro atoms. The first-order valence-corrected chi connectivity index (χ1v) is 8.94. The van der Waals surface area contributed by atoms with Crippen LogP contribution in [-0.4, -0.2) is 42.3 Å². The molecule has 3 heteroatoms. The van der Waals surface area contributed by atoms with Gasteiger partial charge in [-0.05, 0) is 32.1 Å². The van der Waals surface area contributed by atoms with Gasteiger partial charge in [0.1, 0.15) is 0 Å². The maximum Gasteiger partial charge on any atom is 0.0662 e. The van der Waals surface area contributed by atoms with Crippen molar-refractivity contribution >= 4 is 0 Å². The van der Waals surface area contributed by atoms with Crippen LogP contribution in [0.1, 0.15) is 66.7 Å². The minimum absolute atomic E-state index is 0.0802. The molecule has 0 heterocycles. The zero-order valence-electron chi connectivity index (χ0n) is 14.8. The summed E-state index contributed by atoms with van der Waals surface area (Å²) in [7, 11) is 0. The van der Waals surface area contributed by atoms with Gasteiger partial charge in [-0.15, -0.1) is 0 Å². The van der Waals surface area contributed by atoms with E-state index in [2.05, 4.69) is 39.5 Å². The molecule has 0 aliphatic heterocycles. The summed E-state index contributed by atoms with van der Waals surface area (Å²) in [5, 5.41) is 0. The van der Waals surface area contributed by atoms with Crippen molar-refractivity contribution in [2.45, 2.75) is 84.4 Å². The first-order valence-electron chi connectivity index (χ1n) is 8.94. The molecule has 2 atom stereocenters. The third-order valence-electron chi connectivity index (χ3n) is 5.93. The summed E-state index contributed by atoms with van der Waals surface area (Å²) in [6.45, 7) is 14.3. The Hall–Kier alpha value is -0.120. The van der Waals surface area contributed by atoms with Gasteiger partial charge in [0.05, 0.1) is 6.10 Å². The summed E-state index contributed by atoms with van der Waals surface area (Å²) in [5.41, 5.74) is 6.81. The third-order valence-corrected chi connectivity index (χ3v) is 5.93. The Kier molecular flexibility index (Phi) is 5.38. The van der Waals surface area contributed by atoms with Crippen molar-refractivity contribution in [2.75, 3.05) is 19.7 Å². The molecule has 21 heavy (non-hydrogen) atoms. The molecule has 2 aliphatic rings. The molecular weight excluding hydrogens is 260 g/mol. The van der Waals surface area contributed by atoms with Crippen molar-refractivity contribution in [3.05, 3.63) is 0 Å². The molecule has 3 nitrogen and oxygen atoms in total. The summed E-state index contributed by atoms with van der Waals surface area (Å²) < 4.78 is 5.88. The lowest BCUT2D eigenvalue weighted by Gasteiger charge is -2.61. The highest BCUT2D eigenvalue weighted by Crippen LogP contribution is 2.50. The van der Waals surface area contributed by atoms with Crippen LogP contribution in [0.15, 0.2) is 0 Å². The van der Waals surface area contributed by atoms with Crippen molar-refractivity contribution in [1.29, 1.82) is 0 Å². The fourth-order valence-corrected chi connectivity index (χ4v) is 4.22. The third kappa shape index (κ3) is 3.46. The Balaban J connectivity index is 2.02. The minimum atomic E-state index is -0.0929. The fraction of sp³-hybridized carbons (Fsp3) is 1.00. The zero-order chi connectivity index (χ0) is 15.7. The number of hydrogen-bond acceptors (Lipinski definition) is 3. The van der Waals surface area contributed by atoms with Gasteiger partial charge in [-0.1, -0.05) is 40.5 Å². The Morgan fingerprint density at radius 1 is 1.24 bits per heavy atom. The molecular formula is C18H36N2O. The van der Waals surface area contributed by atoms with Crippen LogP contribution >= 0.6 is 0 Å². The Bertz CT molecular complexity index is 336. The lowest BCUT2D eigenvalue weighted by atomic mass is 9.54. The molecule has 2 saturated carbocycles. The van der Waals surface area contributed by atoms with Crippen LogP contribution in [0.4, 0.5) is 0 Å². The summed E-state index contributed by atoms with van der Waals surface area (Å²) in [4.78, 5) is 2.70. The van der Waals surface area contributed by atoms with E-state index in [1.54, 1.807) is 0 Å². The minimum Gasteiger partial charge on any atom is -0.378 e. The topological polar surface area (TPSA) is 38.5 Å². The molecule has 0 radical (unpaired) electrons. The standard InChI is InChI=1S/C18H36N2O/c1-6-21-16-11-18(19,17(16,4)5)13-20(12-14(2)3)15-9-7-8-10-15/h14-16H,6-13,19H2,1-5H3. The van der Waals surface area contributed by atoms with E-state index in [0.717, 1.165) is 25.6 Å². The lowest BCUT2D eigenvalue weighted by molar-refractivity contribution is -0.158. The molecule has 2 N–H and O–H groups in total. The van der Waals surface area contributed by atoms with E-state index in [1.807, 2.05) is 0 Å². The maximum atomic E-state index is 6.82. The quantitative estimate of drug-likeness (QED) is 0.782. The second-order valence-corrected chi connectivity index (χ2v) is 8.29. The van der Waals surface area contributed by atoms with Crippen molar-refractivity contribution < 1.29 is 4.74 Å². The second kappa shape index (κ2) is 6.55. The van der Waals surface area contributed by atoms with E-state index < -0.39 is 0 Å². The lowest BCUT2D eigenvalue weighted by Crippen LogP contribution is -2.74. The number of hydrogen-bond donors (Lipinski definition) is 1. The van der Waals surface area contributed by atoms with E-state index >= 15 is 0 Å². The normalized spacial score (nSPS) is 32.9. The molecule has 0 bridgehead atoms. The fourth-order valence-electron chi connectivity index (χ4n) is 4.22. The van der Waals surface area contributed by atoms with E-state index in [1.165, 1.54) is 32.2 Å². The number of ether oxygens (including phenoxy) is 1. The number of nitrogens with two attached hydrogens (primary N) is 1. The van der Waals surface area contributed by atoms with Gasteiger partial charge in [-0.2, -0.15) is 0 Å². The van der Waals surface area contributed by atoms with Gasteiger partial charge in [-0.3, -0.25) is 4.90 Å². The van der Waals surface area contributed by atoms with Crippen molar-refractivity contribution in [3.63, 3.8) is 0 Å². The van der Waals surface area contributed by atoms with Gasteiger partial charge in [0.15, 0.2) is 0 Å². The van der Waals surface area contributed by atoms with Crippen molar-refractivity contribution in [2.24, 2.45) is 17.1 Å². The Morgan fingerprint density at radius 3 is 2.33 bits per heavy atom. The monoisotopic (exact) mass is 296 g/mol. The maximum absolute atomic E-state index is 6.82. The van der Waals surface area contributed by atoms with Crippen LogP contribution < -0.4 is 5.73 Å². The molecule has 0 aromatic carbocycles. The highest BCUT2D eigenvalue weighted by atomic mass is 16.5. The van der Waals surface area contributed by atoms with Gasteiger partial charge < -0.3 is 10.5 Å². The van der Waals surface area contributed by atoms with E-state index in [9.17, 15) is 0 Å². The Morgan fingerprint density at radius 2 is 1.86 bits per heavy atom. The first kappa shape index (κ1) is 17.2.